The maximum atomic E-state index is 6.11. The molecule has 0 aliphatic heterocycles. The molecule has 3 rings (SSSR count). The number of hydrogen-bond donors (Lipinski definition) is 0. The zero-order valence-corrected chi connectivity index (χ0v) is 18.5. The number of aromatic nitrogens is 1. The molecule has 1 aliphatic rings. The van der Waals surface area contributed by atoms with Crippen molar-refractivity contribution in [2.45, 2.75) is 84.5 Å². The van der Waals surface area contributed by atoms with Gasteiger partial charge in [-0.05, 0) is 73.4 Å². The second kappa shape index (κ2) is 12.0. The first-order valence-electron chi connectivity index (χ1n) is 12.0. The molecule has 0 saturated heterocycles. The fourth-order valence-corrected chi connectivity index (χ4v) is 4.44. The van der Waals surface area contributed by atoms with Gasteiger partial charge in [0.15, 0.2) is 0 Å². The molecule has 0 amide bonds. The van der Waals surface area contributed by atoms with E-state index in [2.05, 4.69) is 55.2 Å². The summed E-state index contributed by atoms with van der Waals surface area (Å²) in [6.07, 6.45) is 16.6. The zero-order chi connectivity index (χ0) is 20.3. The average Bonchev–Trinajstić information content (AvgIpc) is 2.78. The summed E-state index contributed by atoms with van der Waals surface area (Å²) in [6.45, 7) is 5.41. The summed E-state index contributed by atoms with van der Waals surface area (Å²) in [4.78, 5) is 4.66. The number of unbranched alkanes of at least 4 members (excludes halogenated alkanes) is 3. The lowest BCUT2D eigenvalue weighted by Gasteiger charge is -2.28. The van der Waals surface area contributed by atoms with Crippen LogP contribution in [0.15, 0.2) is 42.6 Å². The van der Waals surface area contributed by atoms with Crippen molar-refractivity contribution in [3.05, 3.63) is 48.2 Å². The Hall–Kier alpha value is -1.83. The summed E-state index contributed by atoms with van der Waals surface area (Å²) in [5, 5.41) is 0. The molecular weight excluding hydrogens is 354 g/mol. The van der Waals surface area contributed by atoms with Crippen LogP contribution in [0.25, 0.3) is 11.3 Å². The van der Waals surface area contributed by atoms with Gasteiger partial charge in [0.2, 0.25) is 0 Å². The second-order valence-corrected chi connectivity index (χ2v) is 8.87. The van der Waals surface area contributed by atoms with Gasteiger partial charge in [0, 0.05) is 11.8 Å². The van der Waals surface area contributed by atoms with Crippen molar-refractivity contribution in [3.63, 3.8) is 0 Å². The monoisotopic (exact) mass is 393 g/mol. The van der Waals surface area contributed by atoms with Gasteiger partial charge in [-0.25, -0.2) is 0 Å². The lowest BCUT2D eigenvalue weighted by molar-refractivity contribution is 0.178. The SMILES string of the molecule is CCCCCc1ccc(-c2ccc(OCC3CCC(CCCC)CC3)cc2)nc1. The molecule has 0 unspecified atom stereocenters. The minimum atomic E-state index is 0.731. The second-order valence-electron chi connectivity index (χ2n) is 8.87. The first-order chi connectivity index (χ1) is 14.3. The smallest absolute Gasteiger partial charge is 0.119 e. The summed E-state index contributed by atoms with van der Waals surface area (Å²) in [6, 6.07) is 12.8. The van der Waals surface area contributed by atoms with E-state index in [0.29, 0.717) is 0 Å². The highest BCUT2D eigenvalue weighted by Gasteiger charge is 2.21. The maximum Gasteiger partial charge on any atom is 0.119 e. The van der Waals surface area contributed by atoms with Crippen LogP contribution < -0.4 is 4.74 Å². The Kier molecular flexibility index (Phi) is 9.05. The van der Waals surface area contributed by atoms with E-state index in [1.807, 2.05) is 6.20 Å². The molecule has 0 bridgehead atoms. The van der Waals surface area contributed by atoms with Gasteiger partial charge >= 0.3 is 0 Å². The third-order valence-corrected chi connectivity index (χ3v) is 6.46. The van der Waals surface area contributed by atoms with Gasteiger partial charge in [-0.1, -0.05) is 64.9 Å². The van der Waals surface area contributed by atoms with Crippen LogP contribution in [0.5, 0.6) is 5.75 Å². The predicted molar refractivity (Wildman–Crippen MR) is 123 cm³/mol. The molecule has 1 aromatic carbocycles. The highest BCUT2D eigenvalue weighted by molar-refractivity contribution is 5.60. The number of ether oxygens (including phenoxy) is 1. The molecule has 2 aromatic rings. The Balaban J connectivity index is 1.43. The van der Waals surface area contributed by atoms with Crippen LogP contribution in [0.4, 0.5) is 0 Å². The summed E-state index contributed by atoms with van der Waals surface area (Å²) in [5.74, 6) is 2.68. The van der Waals surface area contributed by atoms with Crippen molar-refractivity contribution in [1.82, 2.24) is 4.98 Å². The number of hydrogen-bond acceptors (Lipinski definition) is 2. The van der Waals surface area contributed by atoms with Crippen molar-refractivity contribution in [2.24, 2.45) is 11.8 Å². The number of pyridine rings is 1. The first-order valence-corrected chi connectivity index (χ1v) is 12.0. The number of aryl methyl sites for hydroxylation is 1. The van der Waals surface area contributed by atoms with Crippen LogP contribution >= 0.6 is 0 Å². The minimum absolute atomic E-state index is 0.731. The molecule has 0 atom stereocenters. The summed E-state index contributed by atoms with van der Waals surface area (Å²) in [5.41, 5.74) is 3.54. The molecule has 1 heterocycles. The Morgan fingerprint density at radius 3 is 2.21 bits per heavy atom. The van der Waals surface area contributed by atoms with E-state index in [1.54, 1.807) is 0 Å². The quantitative estimate of drug-likeness (QED) is 0.362. The van der Waals surface area contributed by atoms with E-state index in [-0.39, 0.29) is 0 Å². The van der Waals surface area contributed by atoms with Crippen LogP contribution in [-0.2, 0) is 6.42 Å². The Bertz CT molecular complexity index is 683. The maximum absolute atomic E-state index is 6.11. The normalized spacial score (nSPS) is 19.2. The molecule has 29 heavy (non-hydrogen) atoms. The van der Waals surface area contributed by atoms with E-state index in [4.69, 9.17) is 4.74 Å². The van der Waals surface area contributed by atoms with Crippen molar-refractivity contribution in [2.75, 3.05) is 6.61 Å². The summed E-state index contributed by atoms with van der Waals surface area (Å²) in [7, 11) is 0. The summed E-state index contributed by atoms with van der Waals surface area (Å²) >= 11 is 0. The Morgan fingerprint density at radius 1 is 0.828 bits per heavy atom. The zero-order valence-electron chi connectivity index (χ0n) is 18.5. The van der Waals surface area contributed by atoms with Gasteiger partial charge in [0.05, 0.1) is 12.3 Å². The fraction of sp³-hybridized carbons (Fsp3) is 0.593. The van der Waals surface area contributed by atoms with Crippen molar-refractivity contribution in [3.8, 4) is 17.0 Å². The van der Waals surface area contributed by atoms with Gasteiger partial charge in [-0.3, -0.25) is 4.98 Å². The molecule has 0 radical (unpaired) electrons. The summed E-state index contributed by atoms with van der Waals surface area (Å²) < 4.78 is 6.11. The van der Waals surface area contributed by atoms with E-state index < -0.39 is 0 Å². The van der Waals surface area contributed by atoms with E-state index in [0.717, 1.165) is 41.9 Å². The van der Waals surface area contributed by atoms with Crippen LogP contribution in [0.3, 0.4) is 0 Å². The fourth-order valence-electron chi connectivity index (χ4n) is 4.44. The number of rotatable bonds is 11. The van der Waals surface area contributed by atoms with Gasteiger partial charge in [0.1, 0.15) is 5.75 Å². The molecule has 0 N–H and O–H groups in total. The van der Waals surface area contributed by atoms with Crippen LogP contribution in [0.2, 0.25) is 0 Å². The molecule has 1 saturated carbocycles. The lowest BCUT2D eigenvalue weighted by atomic mass is 9.80. The average molecular weight is 394 g/mol. The van der Waals surface area contributed by atoms with Crippen LogP contribution in [0, 0.1) is 11.8 Å². The lowest BCUT2D eigenvalue weighted by Crippen LogP contribution is -2.20. The van der Waals surface area contributed by atoms with Crippen molar-refractivity contribution >= 4 is 0 Å². The van der Waals surface area contributed by atoms with Crippen molar-refractivity contribution < 1.29 is 4.74 Å². The largest absolute Gasteiger partial charge is 0.493 e. The van der Waals surface area contributed by atoms with E-state index >= 15 is 0 Å². The topological polar surface area (TPSA) is 22.1 Å². The minimum Gasteiger partial charge on any atom is -0.493 e. The highest BCUT2D eigenvalue weighted by Crippen LogP contribution is 2.32. The Labute approximate surface area is 178 Å². The highest BCUT2D eigenvalue weighted by atomic mass is 16.5. The van der Waals surface area contributed by atoms with Gasteiger partial charge in [-0.15, -0.1) is 0 Å². The molecule has 1 fully saturated rings. The van der Waals surface area contributed by atoms with Crippen molar-refractivity contribution in [1.29, 1.82) is 0 Å². The van der Waals surface area contributed by atoms with Crippen LogP contribution in [-0.4, -0.2) is 11.6 Å². The molecule has 2 nitrogen and oxygen atoms in total. The van der Waals surface area contributed by atoms with Gasteiger partial charge in [-0.2, -0.15) is 0 Å². The standard InChI is InChI=1S/C27H39NO/c1-3-5-7-9-23-14-19-27(28-20-23)25-15-17-26(18-16-25)29-21-24-12-10-22(11-13-24)8-6-4-2/h14-20,22,24H,3-13,21H2,1-2H3. The Morgan fingerprint density at radius 2 is 1.55 bits per heavy atom. The number of benzene rings is 1. The van der Waals surface area contributed by atoms with E-state index in [9.17, 15) is 0 Å². The molecule has 1 aromatic heterocycles. The predicted octanol–water partition coefficient (Wildman–Crippen LogP) is 7.86. The molecule has 1 aliphatic carbocycles. The van der Waals surface area contributed by atoms with Gasteiger partial charge in [0.25, 0.3) is 0 Å². The third kappa shape index (κ3) is 7.17. The molecular formula is C27H39NO. The third-order valence-electron chi connectivity index (χ3n) is 6.46. The molecule has 158 valence electrons. The van der Waals surface area contributed by atoms with E-state index in [1.165, 1.54) is 69.8 Å². The van der Waals surface area contributed by atoms with Crippen LogP contribution in [0.1, 0.15) is 83.6 Å². The number of nitrogens with zero attached hydrogens (tertiary/aromatic N) is 1. The first kappa shape index (κ1) is 21.9. The van der Waals surface area contributed by atoms with Gasteiger partial charge < -0.3 is 4.74 Å². The molecule has 0 spiro atoms. The molecule has 2 heteroatoms.